The molecule has 2 amide bonds. The first kappa shape index (κ1) is 18.1. The molecule has 4 rings (SSSR count). The number of nitrogens with two attached hydrogens (primary N) is 1. The first-order chi connectivity index (χ1) is 13.0. The van der Waals surface area contributed by atoms with E-state index in [-0.39, 0.29) is 12.0 Å². The van der Waals surface area contributed by atoms with Gasteiger partial charge in [0.25, 0.3) is 0 Å². The monoisotopic (exact) mass is 399 g/mol. The van der Waals surface area contributed by atoms with Gasteiger partial charge in [0.2, 0.25) is 0 Å². The van der Waals surface area contributed by atoms with Crippen LogP contribution in [0.3, 0.4) is 0 Å². The zero-order valence-electron chi connectivity index (χ0n) is 14.6. The number of rotatable bonds is 2. The second kappa shape index (κ2) is 7.37. The predicted molar refractivity (Wildman–Crippen MR) is 110 cm³/mol. The van der Waals surface area contributed by atoms with Crippen LogP contribution in [0.5, 0.6) is 0 Å². The summed E-state index contributed by atoms with van der Waals surface area (Å²) in [6.45, 7) is 0. The summed E-state index contributed by atoms with van der Waals surface area (Å²) < 4.78 is 0. The molecule has 2 N–H and O–H groups in total. The van der Waals surface area contributed by atoms with Crippen LogP contribution in [-0.2, 0) is 0 Å². The molecule has 2 aromatic carbocycles. The zero-order chi connectivity index (χ0) is 19.0. The van der Waals surface area contributed by atoms with E-state index < -0.39 is 6.03 Å². The maximum Gasteiger partial charge on any atom is 0.335 e. The van der Waals surface area contributed by atoms with E-state index in [4.69, 9.17) is 28.9 Å². The minimum atomic E-state index is -0.539. The molecule has 4 nitrogen and oxygen atoms in total. The van der Waals surface area contributed by atoms with Gasteiger partial charge >= 0.3 is 6.03 Å². The molecule has 1 aliphatic carbocycles. The van der Waals surface area contributed by atoms with Crippen LogP contribution < -0.4 is 5.73 Å². The summed E-state index contributed by atoms with van der Waals surface area (Å²) in [7, 11) is 0. The van der Waals surface area contributed by atoms with Crippen molar-refractivity contribution in [3.63, 3.8) is 0 Å². The van der Waals surface area contributed by atoms with Gasteiger partial charge in [-0.15, -0.1) is 0 Å². The van der Waals surface area contributed by atoms with Gasteiger partial charge in [-0.1, -0.05) is 47.5 Å². The van der Waals surface area contributed by atoms with Gasteiger partial charge in [-0.05, 0) is 66.3 Å². The Morgan fingerprint density at radius 2 is 1.70 bits per heavy atom. The van der Waals surface area contributed by atoms with Crippen molar-refractivity contribution >= 4 is 41.0 Å². The van der Waals surface area contributed by atoms with Crippen LogP contribution in [0.4, 0.5) is 4.79 Å². The number of fused-ring (bicyclic) bond motifs is 1. The van der Waals surface area contributed by atoms with Crippen molar-refractivity contribution in [3.8, 4) is 0 Å². The standard InChI is InChI=1S/C21H19Cl2N3O/c22-16-8-4-13(5-9-16)12-15-2-1-3-18-19(15)25-26(21(24)27)20(18)14-6-10-17(23)11-7-14/h4-12,18,20H,1-3H2,(H2,24,27). The third-order valence-corrected chi connectivity index (χ3v) is 5.65. The molecule has 2 aliphatic rings. The molecule has 27 heavy (non-hydrogen) atoms. The molecule has 0 saturated heterocycles. The third kappa shape index (κ3) is 3.60. The lowest BCUT2D eigenvalue weighted by atomic mass is 9.77. The molecular weight excluding hydrogens is 381 g/mol. The van der Waals surface area contributed by atoms with Gasteiger partial charge in [0, 0.05) is 16.0 Å². The summed E-state index contributed by atoms with van der Waals surface area (Å²) >= 11 is 12.0. The summed E-state index contributed by atoms with van der Waals surface area (Å²) in [6, 6.07) is 14.5. The first-order valence-corrected chi connectivity index (χ1v) is 9.67. The number of nitrogens with zero attached hydrogens (tertiary/aromatic N) is 2. The number of amides is 2. The zero-order valence-corrected chi connectivity index (χ0v) is 16.1. The Bertz CT molecular complexity index is 919. The van der Waals surface area contributed by atoms with E-state index >= 15 is 0 Å². The van der Waals surface area contributed by atoms with Gasteiger partial charge in [-0.25, -0.2) is 9.80 Å². The molecular formula is C21H19Cl2N3O. The van der Waals surface area contributed by atoms with Crippen molar-refractivity contribution in [2.24, 2.45) is 16.8 Å². The van der Waals surface area contributed by atoms with Crippen LogP contribution in [-0.4, -0.2) is 16.8 Å². The molecule has 1 fully saturated rings. The lowest BCUT2D eigenvalue weighted by molar-refractivity contribution is 0.184. The number of halogens is 2. The van der Waals surface area contributed by atoms with Crippen molar-refractivity contribution in [2.75, 3.05) is 0 Å². The minimum Gasteiger partial charge on any atom is -0.350 e. The summed E-state index contributed by atoms with van der Waals surface area (Å²) in [4.78, 5) is 12.1. The van der Waals surface area contributed by atoms with Gasteiger partial charge in [0.1, 0.15) is 0 Å². The van der Waals surface area contributed by atoms with Crippen LogP contribution in [0, 0.1) is 5.92 Å². The fraction of sp³-hybridized carbons (Fsp3) is 0.238. The van der Waals surface area contributed by atoms with Crippen molar-refractivity contribution in [2.45, 2.75) is 25.3 Å². The van der Waals surface area contributed by atoms with Crippen molar-refractivity contribution < 1.29 is 4.79 Å². The molecule has 0 aromatic heterocycles. The average Bonchev–Trinajstić information content (AvgIpc) is 3.05. The molecule has 0 bridgehead atoms. The quantitative estimate of drug-likeness (QED) is 0.694. The molecule has 0 radical (unpaired) electrons. The summed E-state index contributed by atoms with van der Waals surface area (Å²) in [5.41, 5.74) is 9.81. The van der Waals surface area contributed by atoms with E-state index in [9.17, 15) is 4.79 Å². The van der Waals surface area contributed by atoms with Crippen LogP contribution in [0.2, 0.25) is 10.0 Å². The second-order valence-electron chi connectivity index (χ2n) is 6.88. The van der Waals surface area contributed by atoms with Gasteiger partial charge < -0.3 is 5.73 Å². The highest BCUT2D eigenvalue weighted by molar-refractivity contribution is 6.30. The number of allylic oxidation sites excluding steroid dienone is 1. The van der Waals surface area contributed by atoms with E-state index in [1.807, 2.05) is 48.5 Å². The number of hydrogen-bond donors (Lipinski definition) is 1. The fourth-order valence-corrected chi connectivity index (χ4v) is 4.19. The number of carbonyl (C=O) groups excluding carboxylic acids is 1. The first-order valence-electron chi connectivity index (χ1n) is 8.92. The van der Waals surface area contributed by atoms with E-state index in [0.29, 0.717) is 10.0 Å². The SMILES string of the molecule is NC(=O)N1N=C2C(=Cc3ccc(Cl)cc3)CCCC2C1c1ccc(Cl)cc1. The van der Waals surface area contributed by atoms with E-state index in [2.05, 4.69) is 11.2 Å². The lowest BCUT2D eigenvalue weighted by Crippen LogP contribution is -2.35. The molecule has 1 saturated carbocycles. The molecule has 138 valence electrons. The summed E-state index contributed by atoms with van der Waals surface area (Å²) in [5.74, 6) is 0.131. The van der Waals surface area contributed by atoms with Crippen LogP contribution in [0.1, 0.15) is 36.4 Å². The Kier molecular flexibility index (Phi) is 4.94. The van der Waals surface area contributed by atoms with E-state index in [1.165, 1.54) is 5.01 Å². The Labute approximate surface area is 168 Å². The van der Waals surface area contributed by atoms with Crippen LogP contribution in [0.15, 0.2) is 59.2 Å². The third-order valence-electron chi connectivity index (χ3n) is 5.15. The average molecular weight is 400 g/mol. The Balaban J connectivity index is 1.72. The minimum absolute atomic E-state index is 0.131. The molecule has 0 spiro atoms. The van der Waals surface area contributed by atoms with E-state index in [0.717, 1.165) is 41.7 Å². The topological polar surface area (TPSA) is 58.7 Å². The normalized spacial score (nSPS) is 23.3. The maximum atomic E-state index is 12.1. The van der Waals surface area contributed by atoms with Crippen LogP contribution >= 0.6 is 23.2 Å². The Hall–Kier alpha value is -2.30. The van der Waals surface area contributed by atoms with Gasteiger partial charge in [0.15, 0.2) is 0 Å². The van der Waals surface area contributed by atoms with Crippen molar-refractivity contribution in [3.05, 3.63) is 75.3 Å². The molecule has 6 heteroatoms. The van der Waals surface area contributed by atoms with Crippen LogP contribution in [0.25, 0.3) is 6.08 Å². The Morgan fingerprint density at radius 1 is 1.07 bits per heavy atom. The fourth-order valence-electron chi connectivity index (χ4n) is 3.94. The van der Waals surface area contributed by atoms with Gasteiger partial charge in [-0.2, -0.15) is 5.10 Å². The molecule has 1 aliphatic heterocycles. The van der Waals surface area contributed by atoms with Crippen molar-refractivity contribution in [1.29, 1.82) is 0 Å². The number of primary amides is 1. The Morgan fingerprint density at radius 3 is 2.33 bits per heavy atom. The predicted octanol–water partition coefficient (Wildman–Crippen LogP) is 5.67. The number of benzene rings is 2. The molecule has 2 aromatic rings. The molecule has 1 heterocycles. The summed E-state index contributed by atoms with van der Waals surface area (Å²) in [5, 5.41) is 7.42. The highest BCUT2D eigenvalue weighted by Crippen LogP contribution is 2.44. The maximum absolute atomic E-state index is 12.1. The summed E-state index contributed by atoms with van der Waals surface area (Å²) in [6.07, 6.45) is 5.07. The van der Waals surface area contributed by atoms with Crippen molar-refractivity contribution in [1.82, 2.24) is 5.01 Å². The number of hydrazone groups is 1. The number of hydrogen-bond acceptors (Lipinski definition) is 2. The number of urea groups is 1. The highest BCUT2D eigenvalue weighted by atomic mass is 35.5. The highest BCUT2D eigenvalue weighted by Gasteiger charge is 2.43. The lowest BCUT2D eigenvalue weighted by Gasteiger charge is -2.29. The van der Waals surface area contributed by atoms with E-state index in [1.54, 1.807) is 0 Å². The number of carbonyl (C=O) groups is 1. The van der Waals surface area contributed by atoms with Gasteiger partial charge in [-0.3, -0.25) is 0 Å². The second-order valence-corrected chi connectivity index (χ2v) is 7.76. The van der Waals surface area contributed by atoms with Gasteiger partial charge in [0.05, 0.1) is 11.8 Å². The molecule has 2 unspecified atom stereocenters. The largest absolute Gasteiger partial charge is 0.350 e. The molecule has 2 atom stereocenters. The smallest absolute Gasteiger partial charge is 0.335 e.